The van der Waals surface area contributed by atoms with Gasteiger partial charge in [-0.1, -0.05) is 30.3 Å². The average Bonchev–Trinajstić information content (AvgIpc) is 2.55. The summed E-state index contributed by atoms with van der Waals surface area (Å²) in [6, 6.07) is 13.0. The molecule has 2 rings (SSSR count). The third kappa shape index (κ3) is 4.95. The van der Waals surface area contributed by atoms with Gasteiger partial charge in [-0.2, -0.15) is 0 Å². The number of para-hydroxylation sites is 1. The van der Waals surface area contributed by atoms with Gasteiger partial charge in [0.1, 0.15) is 5.75 Å². The minimum atomic E-state index is -0.0199. The number of Topliss-reactive ketones (excluding diaryl/α,β-unsaturated/α-hetero) is 1. The molecule has 4 nitrogen and oxygen atoms in total. The highest BCUT2D eigenvalue weighted by atomic mass is 16.5. The maximum Gasteiger partial charge on any atom is 0.224 e. The Kier molecular flexibility index (Phi) is 6.13. The summed E-state index contributed by atoms with van der Waals surface area (Å²) in [5.41, 5.74) is 3.62. The Morgan fingerprint density at radius 3 is 2.38 bits per heavy atom. The lowest BCUT2D eigenvalue weighted by Gasteiger charge is -2.11. The molecule has 0 saturated heterocycles. The molecule has 0 aliphatic carbocycles. The minimum absolute atomic E-state index is 0.00780. The fourth-order valence-corrected chi connectivity index (χ4v) is 2.44. The predicted octanol–water partition coefficient (Wildman–Crippen LogP) is 4.30. The molecule has 24 heavy (non-hydrogen) atoms. The highest BCUT2D eigenvalue weighted by Crippen LogP contribution is 2.20. The van der Waals surface area contributed by atoms with Gasteiger partial charge in [0.2, 0.25) is 5.91 Å². The third-order valence-corrected chi connectivity index (χ3v) is 3.80. The summed E-state index contributed by atoms with van der Waals surface area (Å²) in [6.07, 6.45) is 1.00. The van der Waals surface area contributed by atoms with Crippen LogP contribution in [0.4, 0.5) is 5.69 Å². The molecule has 2 aromatic rings. The Labute approximate surface area is 142 Å². The zero-order valence-electron chi connectivity index (χ0n) is 14.4. The minimum Gasteiger partial charge on any atom is -0.494 e. The van der Waals surface area contributed by atoms with Crippen molar-refractivity contribution < 1.29 is 14.3 Å². The first kappa shape index (κ1) is 17.7. The first-order chi connectivity index (χ1) is 11.5. The van der Waals surface area contributed by atoms with Crippen LogP contribution >= 0.6 is 0 Å². The van der Waals surface area contributed by atoms with Crippen molar-refractivity contribution in [1.82, 2.24) is 0 Å². The Bertz CT molecular complexity index is 717. The quantitative estimate of drug-likeness (QED) is 0.610. The van der Waals surface area contributed by atoms with Crippen molar-refractivity contribution in [3.05, 3.63) is 59.2 Å². The molecule has 0 aromatic heterocycles. The van der Waals surface area contributed by atoms with Gasteiger partial charge in [0.05, 0.1) is 6.61 Å². The molecular formula is C20H23NO3. The van der Waals surface area contributed by atoms with Gasteiger partial charge < -0.3 is 10.1 Å². The number of hydrogen-bond donors (Lipinski definition) is 1. The molecule has 0 aliphatic rings. The third-order valence-electron chi connectivity index (χ3n) is 3.80. The number of carbonyl (C=O) groups excluding carboxylic acids is 2. The van der Waals surface area contributed by atoms with E-state index in [0.29, 0.717) is 30.8 Å². The van der Waals surface area contributed by atoms with Crippen LogP contribution in [0.25, 0.3) is 0 Å². The second kappa shape index (κ2) is 8.29. The topological polar surface area (TPSA) is 55.4 Å². The van der Waals surface area contributed by atoms with Crippen molar-refractivity contribution in [2.45, 2.75) is 33.6 Å². The maximum absolute atomic E-state index is 12.1. The summed E-state index contributed by atoms with van der Waals surface area (Å²) in [6.45, 7) is 5.92. The molecule has 0 fully saturated rings. The number of aryl methyl sites for hydroxylation is 2. The summed E-state index contributed by atoms with van der Waals surface area (Å²) in [4.78, 5) is 23.4. The van der Waals surface area contributed by atoms with E-state index in [9.17, 15) is 9.59 Å². The van der Waals surface area contributed by atoms with Crippen molar-refractivity contribution >= 4 is 17.4 Å². The smallest absolute Gasteiger partial charge is 0.224 e. The summed E-state index contributed by atoms with van der Waals surface area (Å²) < 4.78 is 5.61. The van der Waals surface area contributed by atoms with E-state index in [1.54, 1.807) is 18.2 Å². The summed E-state index contributed by atoms with van der Waals surface area (Å²) in [5.74, 6) is 0.639. The van der Waals surface area contributed by atoms with Crippen LogP contribution in [0.15, 0.2) is 42.5 Å². The zero-order valence-corrected chi connectivity index (χ0v) is 14.4. The zero-order chi connectivity index (χ0) is 17.5. The second-order valence-electron chi connectivity index (χ2n) is 5.85. The van der Waals surface area contributed by atoms with E-state index in [1.165, 1.54) is 6.92 Å². The molecule has 0 heterocycles. The van der Waals surface area contributed by atoms with Crippen molar-refractivity contribution in [2.24, 2.45) is 0 Å². The van der Waals surface area contributed by atoms with E-state index in [1.807, 2.05) is 38.1 Å². The predicted molar refractivity (Wildman–Crippen MR) is 95.7 cm³/mol. The molecule has 0 unspecified atom stereocenters. The van der Waals surface area contributed by atoms with Crippen molar-refractivity contribution in [1.29, 1.82) is 0 Å². The van der Waals surface area contributed by atoms with E-state index in [0.717, 1.165) is 16.8 Å². The van der Waals surface area contributed by atoms with Crippen LogP contribution in [-0.2, 0) is 4.79 Å². The first-order valence-electron chi connectivity index (χ1n) is 8.07. The molecule has 0 aliphatic heterocycles. The molecule has 126 valence electrons. The van der Waals surface area contributed by atoms with E-state index in [-0.39, 0.29) is 11.7 Å². The highest BCUT2D eigenvalue weighted by molar-refractivity contribution is 5.94. The molecule has 0 radical (unpaired) electrons. The van der Waals surface area contributed by atoms with Crippen molar-refractivity contribution in [3.8, 4) is 5.75 Å². The molecule has 2 aromatic carbocycles. The van der Waals surface area contributed by atoms with Gasteiger partial charge in [-0.25, -0.2) is 0 Å². The monoisotopic (exact) mass is 325 g/mol. The second-order valence-corrected chi connectivity index (χ2v) is 5.85. The Morgan fingerprint density at radius 2 is 1.71 bits per heavy atom. The van der Waals surface area contributed by atoms with Gasteiger partial charge >= 0.3 is 0 Å². The standard InChI is InChI=1S/C20H23NO3/c1-14-7-4-8-15(2)20(14)21-19(23)11-6-12-24-18-10-5-9-17(13-18)16(3)22/h4-5,7-10,13H,6,11-12H2,1-3H3,(H,21,23). The fourth-order valence-electron chi connectivity index (χ4n) is 2.44. The Balaban J connectivity index is 1.79. The van der Waals surface area contributed by atoms with E-state index < -0.39 is 0 Å². The molecule has 1 N–H and O–H groups in total. The number of anilines is 1. The lowest BCUT2D eigenvalue weighted by atomic mass is 10.1. The summed E-state index contributed by atoms with van der Waals surface area (Å²) in [5, 5.41) is 2.96. The fraction of sp³-hybridized carbons (Fsp3) is 0.300. The van der Waals surface area contributed by atoms with Crippen molar-refractivity contribution in [3.63, 3.8) is 0 Å². The van der Waals surface area contributed by atoms with Crippen LogP contribution in [0.1, 0.15) is 41.3 Å². The molecular weight excluding hydrogens is 302 g/mol. The van der Waals surface area contributed by atoms with E-state index in [2.05, 4.69) is 5.32 Å². The largest absolute Gasteiger partial charge is 0.494 e. The normalized spacial score (nSPS) is 10.3. The average molecular weight is 325 g/mol. The molecule has 1 amide bonds. The first-order valence-corrected chi connectivity index (χ1v) is 8.07. The number of amides is 1. The van der Waals surface area contributed by atoms with Crippen molar-refractivity contribution in [2.75, 3.05) is 11.9 Å². The van der Waals surface area contributed by atoms with Crippen LogP contribution in [0.2, 0.25) is 0 Å². The number of benzene rings is 2. The number of ketones is 1. The van der Waals surface area contributed by atoms with Gasteiger partial charge in [0.15, 0.2) is 5.78 Å². The summed E-state index contributed by atoms with van der Waals surface area (Å²) >= 11 is 0. The van der Waals surface area contributed by atoms with Gasteiger partial charge in [0, 0.05) is 17.7 Å². The number of nitrogens with one attached hydrogen (secondary N) is 1. The number of carbonyl (C=O) groups is 2. The Morgan fingerprint density at radius 1 is 1.04 bits per heavy atom. The highest BCUT2D eigenvalue weighted by Gasteiger charge is 2.07. The number of ether oxygens (including phenoxy) is 1. The molecule has 0 atom stereocenters. The Hall–Kier alpha value is -2.62. The number of hydrogen-bond acceptors (Lipinski definition) is 3. The molecule has 0 saturated carbocycles. The van der Waals surface area contributed by atoms with E-state index in [4.69, 9.17) is 4.74 Å². The van der Waals surface area contributed by atoms with Gasteiger partial charge in [-0.3, -0.25) is 9.59 Å². The van der Waals surface area contributed by atoms with Crippen LogP contribution in [0.3, 0.4) is 0 Å². The SMILES string of the molecule is CC(=O)c1cccc(OCCCC(=O)Nc2c(C)cccc2C)c1. The summed E-state index contributed by atoms with van der Waals surface area (Å²) in [7, 11) is 0. The molecule has 0 bridgehead atoms. The lowest BCUT2D eigenvalue weighted by molar-refractivity contribution is -0.116. The lowest BCUT2D eigenvalue weighted by Crippen LogP contribution is -2.14. The molecule has 4 heteroatoms. The number of rotatable bonds is 7. The van der Waals surface area contributed by atoms with Crippen LogP contribution in [-0.4, -0.2) is 18.3 Å². The van der Waals surface area contributed by atoms with E-state index >= 15 is 0 Å². The van der Waals surface area contributed by atoms with Gasteiger partial charge in [0.25, 0.3) is 0 Å². The van der Waals surface area contributed by atoms with Crippen LogP contribution in [0, 0.1) is 13.8 Å². The van der Waals surface area contributed by atoms with Gasteiger partial charge in [-0.05, 0) is 50.5 Å². The molecule has 0 spiro atoms. The van der Waals surface area contributed by atoms with Gasteiger partial charge in [-0.15, -0.1) is 0 Å². The van der Waals surface area contributed by atoms with Crippen LogP contribution in [0.5, 0.6) is 5.75 Å². The maximum atomic E-state index is 12.1. The van der Waals surface area contributed by atoms with Crippen LogP contribution < -0.4 is 10.1 Å².